The third-order valence-corrected chi connectivity index (χ3v) is 3.91. The minimum atomic E-state index is -0.714. The van der Waals surface area contributed by atoms with E-state index >= 15 is 0 Å². The molecule has 2 aromatic rings. The Morgan fingerprint density at radius 1 is 1.11 bits per heavy atom. The number of carbonyl (C=O) groups is 2. The second-order valence-electron chi connectivity index (χ2n) is 5.12. The number of ether oxygens (including phenoxy) is 1. The number of carbonyl (C=O) groups excluding carboxylic acids is 2. The lowest BCUT2D eigenvalue weighted by atomic mass is 10.2. The van der Waals surface area contributed by atoms with Crippen LogP contribution in [0.25, 0.3) is 0 Å². The highest BCUT2D eigenvalue weighted by molar-refractivity contribution is 7.80. The molecule has 0 aromatic heterocycles. The number of thiocarbonyl (C=S) groups is 1. The summed E-state index contributed by atoms with van der Waals surface area (Å²) in [6, 6.07) is 9.95. The van der Waals surface area contributed by atoms with Gasteiger partial charge in [-0.15, -0.1) is 0 Å². The molecule has 2 amide bonds. The van der Waals surface area contributed by atoms with E-state index in [1.54, 1.807) is 24.3 Å². The van der Waals surface area contributed by atoms with Gasteiger partial charge in [-0.3, -0.25) is 35.9 Å². The SMILES string of the molecule is O=C(COc1ccc(Cl)cc1)NC(=S)NNC(=O)c1ccc(Cl)c([N+](=O)[O-])c1. The van der Waals surface area contributed by atoms with Crippen molar-refractivity contribution in [3.63, 3.8) is 0 Å². The molecule has 0 heterocycles. The summed E-state index contributed by atoms with van der Waals surface area (Å²) in [7, 11) is 0. The molecule has 28 heavy (non-hydrogen) atoms. The molecule has 0 saturated heterocycles. The van der Waals surface area contributed by atoms with Gasteiger partial charge >= 0.3 is 0 Å². The Hall–Kier alpha value is -2.95. The highest BCUT2D eigenvalue weighted by atomic mass is 35.5. The van der Waals surface area contributed by atoms with Crippen LogP contribution in [0.3, 0.4) is 0 Å². The van der Waals surface area contributed by atoms with E-state index in [0.29, 0.717) is 10.8 Å². The van der Waals surface area contributed by atoms with Crippen LogP contribution in [0, 0.1) is 10.1 Å². The average molecular weight is 443 g/mol. The van der Waals surface area contributed by atoms with Crippen LogP contribution in [0.2, 0.25) is 10.0 Å². The van der Waals surface area contributed by atoms with Crippen molar-refractivity contribution in [3.8, 4) is 5.75 Å². The van der Waals surface area contributed by atoms with Crippen LogP contribution in [-0.2, 0) is 4.79 Å². The summed E-state index contributed by atoms with van der Waals surface area (Å²) in [6.45, 7) is -0.319. The molecule has 0 aliphatic carbocycles. The first-order valence-corrected chi connectivity index (χ1v) is 8.65. The highest BCUT2D eigenvalue weighted by Crippen LogP contribution is 2.24. The standard InChI is InChI=1S/C16H12Cl2N4O5S/c17-10-2-4-11(5-3-10)27-8-14(23)19-16(28)21-20-15(24)9-1-6-12(18)13(7-9)22(25)26/h1-7H,8H2,(H,20,24)(H2,19,21,23,28). The summed E-state index contributed by atoms with van der Waals surface area (Å²) in [5.41, 5.74) is 4.07. The second kappa shape index (κ2) is 9.83. The molecule has 0 bridgehead atoms. The van der Waals surface area contributed by atoms with Crippen LogP contribution >= 0.6 is 35.4 Å². The maximum atomic E-state index is 12.0. The molecule has 0 aliphatic rings. The number of nitro groups is 1. The van der Waals surface area contributed by atoms with Crippen molar-refractivity contribution in [1.82, 2.24) is 16.2 Å². The number of nitro benzene ring substituents is 1. The molecule has 12 heteroatoms. The summed E-state index contributed by atoms with van der Waals surface area (Å²) in [4.78, 5) is 33.9. The van der Waals surface area contributed by atoms with Crippen molar-refractivity contribution in [2.45, 2.75) is 0 Å². The summed E-state index contributed by atoms with van der Waals surface area (Å²) in [6.07, 6.45) is 0. The van der Waals surface area contributed by atoms with Crippen molar-refractivity contribution in [1.29, 1.82) is 0 Å². The molecular weight excluding hydrogens is 431 g/mol. The normalized spacial score (nSPS) is 9.93. The van der Waals surface area contributed by atoms with Gasteiger partial charge in [-0.25, -0.2) is 0 Å². The first-order chi connectivity index (χ1) is 13.3. The Morgan fingerprint density at radius 2 is 1.79 bits per heavy atom. The molecule has 146 valence electrons. The van der Waals surface area contributed by atoms with E-state index in [1.807, 2.05) is 0 Å². The third-order valence-electron chi connectivity index (χ3n) is 3.13. The summed E-state index contributed by atoms with van der Waals surface area (Å²) in [5.74, 6) is -0.839. The molecule has 0 aliphatic heterocycles. The molecule has 9 nitrogen and oxygen atoms in total. The Kier molecular flexibility index (Phi) is 7.50. The Labute approximate surface area is 174 Å². The zero-order chi connectivity index (χ0) is 20.7. The minimum absolute atomic E-state index is 0.0243. The molecular formula is C16H12Cl2N4O5S. The highest BCUT2D eigenvalue weighted by Gasteiger charge is 2.16. The van der Waals surface area contributed by atoms with Gasteiger partial charge in [0.25, 0.3) is 17.5 Å². The zero-order valence-electron chi connectivity index (χ0n) is 13.9. The lowest BCUT2D eigenvalue weighted by Crippen LogP contribution is -2.49. The summed E-state index contributed by atoms with van der Waals surface area (Å²) < 4.78 is 5.24. The number of hydrazine groups is 1. The molecule has 2 rings (SSSR count). The largest absolute Gasteiger partial charge is 0.484 e. The maximum absolute atomic E-state index is 12.0. The topological polar surface area (TPSA) is 123 Å². The van der Waals surface area contributed by atoms with Crippen LogP contribution in [0.1, 0.15) is 10.4 Å². The predicted octanol–water partition coefficient (Wildman–Crippen LogP) is 2.62. The number of nitrogens with one attached hydrogen (secondary N) is 3. The Balaban J connectivity index is 1.80. The van der Waals surface area contributed by atoms with E-state index in [0.717, 1.165) is 6.07 Å². The summed E-state index contributed by atoms with van der Waals surface area (Å²) >= 11 is 16.3. The second-order valence-corrected chi connectivity index (χ2v) is 6.37. The summed E-state index contributed by atoms with van der Waals surface area (Å²) in [5, 5.41) is 13.4. The molecule has 0 fully saturated rings. The van der Waals surface area contributed by atoms with Crippen LogP contribution in [0.4, 0.5) is 5.69 Å². The average Bonchev–Trinajstić information content (AvgIpc) is 2.65. The fourth-order valence-corrected chi connectivity index (χ4v) is 2.33. The van der Waals surface area contributed by atoms with Crippen molar-refractivity contribution in [3.05, 3.63) is 68.2 Å². The molecule has 0 saturated carbocycles. The number of amides is 2. The number of halogens is 2. The Bertz CT molecular complexity index is 924. The molecule has 0 radical (unpaired) electrons. The number of benzene rings is 2. The van der Waals surface area contributed by atoms with Crippen molar-refractivity contribution in [2.75, 3.05) is 6.61 Å². The number of nitrogens with zero attached hydrogens (tertiary/aromatic N) is 1. The van der Waals surface area contributed by atoms with E-state index in [9.17, 15) is 19.7 Å². The van der Waals surface area contributed by atoms with Gasteiger partial charge in [-0.2, -0.15) is 0 Å². The number of rotatable bonds is 5. The van der Waals surface area contributed by atoms with Gasteiger partial charge in [-0.05, 0) is 48.6 Å². The quantitative estimate of drug-likeness (QED) is 0.369. The predicted molar refractivity (Wildman–Crippen MR) is 106 cm³/mol. The first-order valence-electron chi connectivity index (χ1n) is 7.48. The molecule has 0 atom stereocenters. The number of hydrogen-bond acceptors (Lipinski definition) is 6. The van der Waals surface area contributed by atoms with E-state index in [-0.39, 0.29) is 22.3 Å². The van der Waals surface area contributed by atoms with Crippen LogP contribution in [0.15, 0.2) is 42.5 Å². The van der Waals surface area contributed by atoms with Crippen molar-refractivity contribution < 1.29 is 19.2 Å². The van der Waals surface area contributed by atoms with E-state index in [2.05, 4.69) is 16.2 Å². The monoisotopic (exact) mass is 442 g/mol. The molecule has 2 aromatic carbocycles. The first kappa shape index (κ1) is 21.4. The van der Waals surface area contributed by atoms with E-state index < -0.39 is 22.4 Å². The lowest BCUT2D eigenvalue weighted by Gasteiger charge is -2.11. The Morgan fingerprint density at radius 3 is 2.43 bits per heavy atom. The molecule has 0 spiro atoms. The van der Waals surface area contributed by atoms with Crippen LogP contribution < -0.4 is 20.9 Å². The fourth-order valence-electron chi connectivity index (χ4n) is 1.85. The third kappa shape index (κ3) is 6.34. The van der Waals surface area contributed by atoms with Gasteiger partial charge < -0.3 is 4.74 Å². The van der Waals surface area contributed by atoms with E-state index in [4.69, 9.17) is 40.2 Å². The van der Waals surface area contributed by atoms with Crippen LogP contribution in [-0.4, -0.2) is 28.5 Å². The van der Waals surface area contributed by atoms with Gasteiger partial charge in [0.15, 0.2) is 11.7 Å². The van der Waals surface area contributed by atoms with Crippen molar-refractivity contribution >= 4 is 58.0 Å². The van der Waals surface area contributed by atoms with Gasteiger partial charge in [0, 0.05) is 16.7 Å². The van der Waals surface area contributed by atoms with Gasteiger partial charge in [-0.1, -0.05) is 23.2 Å². The van der Waals surface area contributed by atoms with Gasteiger partial charge in [0.2, 0.25) is 0 Å². The lowest BCUT2D eigenvalue weighted by molar-refractivity contribution is -0.384. The molecule has 3 N–H and O–H groups in total. The van der Waals surface area contributed by atoms with Crippen molar-refractivity contribution in [2.24, 2.45) is 0 Å². The number of hydrogen-bond donors (Lipinski definition) is 3. The fraction of sp³-hybridized carbons (Fsp3) is 0.0625. The van der Waals surface area contributed by atoms with Gasteiger partial charge in [0.1, 0.15) is 10.8 Å². The smallest absolute Gasteiger partial charge is 0.288 e. The molecule has 0 unspecified atom stereocenters. The zero-order valence-corrected chi connectivity index (χ0v) is 16.2. The maximum Gasteiger partial charge on any atom is 0.288 e. The van der Waals surface area contributed by atoms with E-state index in [1.165, 1.54) is 12.1 Å². The van der Waals surface area contributed by atoms with Crippen LogP contribution in [0.5, 0.6) is 5.75 Å². The van der Waals surface area contributed by atoms with Gasteiger partial charge in [0.05, 0.1) is 4.92 Å². The minimum Gasteiger partial charge on any atom is -0.484 e.